The highest BCUT2D eigenvalue weighted by Crippen LogP contribution is 2.11. The second-order valence-corrected chi connectivity index (χ2v) is 6.32. The second-order valence-electron chi connectivity index (χ2n) is 5.94. The monoisotopic (exact) mass is 309 g/mol. The molecular formula is C15H27N5S. The van der Waals surface area contributed by atoms with Crippen molar-refractivity contribution in [1.29, 1.82) is 0 Å². The molecule has 0 bridgehead atoms. The van der Waals surface area contributed by atoms with Gasteiger partial charge in [0.1, 0.15) is 0 Å². The van der Waals surface area contributed by atoms with Gasteiger partial charge in [0.2, 0.25) is 0 Å². The van der Waals surface area contributed by atoms with Gasteiger partial charge in [-0.25, -0.2) is 0 Å². The number of hydrogen-bond acceptors (Lipinski definition) is 3. The fourth-order valence-electron chi connectivity index (χ4n) is 2.56. The highest BCUT2D eigenvalue weighted by Gasteiger charge is 2.20. The van der Waals surface area contributed by atoms with Crippen molar-refractivity contribution in [3.63, 3.8) is 0 Å². The first-order chi connectivity index (χ1) is 9.99. The van der Waals surface area contributed by atoms with Crippen molar-refractivity contribution in [3.8, 4) is 0 Å². The Morgan fingerprint density at radius 1 is 1.38 bits per heavy atom. The lowest BCUT2D eigenvalue weighted by molar-refractivity contribution is 0.173. The number of thiocarbonyl (C=S) groups is 1. The summed E-state index contributed by atoms with van der Waals surface area (Å²) in [6, 6.07) is 0.452. The van der Waals surface area contributed by atoms with Crippen molar-refractivity contribution in [2.75, 3.05) is 26.2 Å². The average molecular weight is 309 g/mol. The predicted octanol–water partition coefficient (Wildman–Crippen LogP) is 1.52. The quantitative estimate of drug-likeness (QED) is 0.854. The molecule has 1 aliphatic rings. The third-order valence-corrected chi connectivity index (χ3v) is 4.53. The van der Waals surface area contributed by atoms with E-state index in [0.29, 0.717) is 6.04 Å². The fraction of sp³-hybridized carbons (Fsp3) is 0.733. The Balaban J connectivity index is 1.80. The van der Waals surface area contributed by atoms with Crippen molar-refractivity contribution >= 4 is 17.3 Å². The molecule has 0 radical (unpaired) electrons. The summed E-state index contributed by atoms with van der Waals surface area (Å²) >= 11 is 5.49. The molecule has 2 rings (SSSR count). The van der Waals surface area contributed by atoms with Crippen LogP contribution in [-0.4, -0.2) is 56.9 Å². The third-order valence-electron chi connectivity index (χ3n) is 4.15. The molecule has 5 nitrogen and oxygen atoms in total. The molecule has 1 unspecified atom stereocenters. The molecule has 0 saturated carbocycles. The van der Waals surface area contributed by atoms with E-state index >= 15 is 0 Å². The Labute approximate surface area is 133 Å². The zero-order valence-electron chi connectivity index (χ0n) is 13.6. The first kappa shape index (κ1) is 16.2. The van der Waals surface area contributed by atoms with Gasteiger partial charge in [0.15, 0.2) is 5.11 Å². The number of aromatic nitrogens is 2. The Morgan fingerprint density at radius 3 is 2.57 bits per heavy atom. The molecule has 118 valence electrons. The second kappa shape index (κ2) is 7.22. The smallest absolute Gasteiger partial charge is 0.169 e. The molecule has 1 saturated heterocycles. The molecule has 1 N–H and O–H groups in total. The topological polar surface area (TPSA) is 36.3 Å². The molecule has 2 heterocycles. The van der Waals surface area contributed by atoms with Crippen molar-refractivity contribution < 1.29 is 0 Å². The van der Waals surface area contributed by atoms with Crippen LogP contribution in [0.15, 0.2) is 6.20 Å². The lowest BCUT2D eigenvalue weighted by atomic mass is 10.2. The van der Waals surface area contributed by atoms with Gasteiger partial charge in [0.05, 0.1) is 5.69 Å². The van der Waals surface area contributed by atoms with Crippen LogP contribution in [0.5, 0.6) is 0 Å². The first-order valence-corrected chi connectivity index (χ1v) is 8.17. The van der Waals surface area contributed by atoms with Gasteiger partial charge in [-0.2, -0.15) is 5.10 Å². The number of rotatable bonds is 4. The summed E-state index contributed by atoms with van der Waals surface area (Å²) < 4.78 is 1.89. The normalized spacial score (nSPS) is 17.8. The summed E-state index contributed by atoms with van der Waals surface area (Å²) in [4.78, 5) is 4.76. The van der Waals surface area contributed by atoms with E-state index in [1.165, 1.54) is 5.56 Å². The Hall–Kier alpha value is -1.14. The number of nitrogens with zero attached hydrogens (tertiary/aromatic N) is 4. The van der Waals surface area contributed by atoms with Crippen LogP contribution in [0.2, 0.25) is 0 Å². The van der Waals surface area contributed by atoms with E-state index in [2.05, 4.69) is 47.2 Å². The maximum Gasteiger partial charge on any atom is 0.169 e. The van der Waals surface area contributed by atoms with E-state index in [9.17, 15) is 0 Å². The van der Waals surface area contributed by atoms with Gasteiger partial charge in [0.25, 0.3) is 0 Å². The van der Waals surface area contributed by atoms with Crippen LogP contribution in [0, 0.1) is 6.92 Å². The first-order valence-electron chi connectivity index (χ1n) is 7.76. The summed E-state index contributed by atoms with van der Waals surface area (Å²) in [7, 11) is 1.98. The van der Waals surface area contributed by atoms with Crippen LogP contribution in [0.3, 0.4) is 0 Å². The largest absolute Gasteiger partial charge is 0.360 e. The molecular weight excluding hydrogens is 282 g/mol. The molecule has 1 aromatic heterocycles. The average Bonchev–Trinajstić information content (AvgIpc) is 2.77. The van der Waals surface area contributed by atoms with E-state index in [1.807, 2.05) is 11.7 Å². The van der Waals surface area contributed by atoms with Crippen molar-refractivity contribution in [3.05, 3.63) is 17.5 Å². The van der Waals surface area contributed by atoms with Gasteiger partial charge >= 0.3 is 0 Å². The van der Waals surface area contributed by atoms with E-state index in [4.69, 9.17) is 12.2 Å². The molecule has 0 amide bonds. The molecule has 0 aliphatic carbocycles. The highest BCUT2D eigenvalue weighted by molar-refractivity contribution is 7.80. The molecule has 1 aliphatic heterocycles. The maximum absolute atomic E-state index is 5.49. The molecule has 1 atom stereocenters. The molecule has 21 heavy (non-hydrogen) atoms. The van der Waals surface area contributed by atoms with Crippen LogP contribution in [0.4, 0.5) is 0 Å². The lowest BCUT2D eigenvalue weighted by Gasteiger charge is -2.36. The Bertz CT molecular complexity index is 476. The standard InChI is InChI=1S/C15H27N5S/c1-5-12(2)16-15(21)20-8-6-19(7-9-20)11-14-10-18(4)17-13(14)3/h10,12H,5-9,11H2,1-4H3,(H,16,21). The summed E-state index contributed by atoms with van der Waals surface area (Å²) in [6.07, 6.45) is 3.22. The van der Waals surface area contributed by atoms with Crippen LogP contribution in [0.25, 0.3) is 0 Å². The van der Waals surface area contributed by atoms with Gasteiger partial charge in [-0.1, -0.05) is 6.92 Å². The van der Waals surface area contributed by atoms with E-state index in [1.54, 1.807) is 0 Å². The number of aryl methyl sites for hydroxylation is 2. The van der Waals surface area contributed by atoms with E-state index < -0.39 is 0 Å². The number of nitrogens with one attached hydrogen (secondary N) is 1. The van der Waals surface area contributed by atoms with Gasteiger partial charge < -0.3 is 10.2 Å². The Kier molecular flexibility index (Phi) is 5.58. The zero-order chi connectivity index (χ0) is 15.4. The van der Waals surface area contributed by atoms with E-state index in [0.717, 1.165) is 50.0 Å². The minimum atomic E-state index is 0.452. The summed E-state index contributed by atoms with van der Waals surface area (Å²) in [5, 5.41) is 8.72. The number of hydrogen-bond donors (Lipinski definition) is 1. The maximum atomic E-state index is 5.49. The van der Waals surface area contributed by atoms with Gasteiger partial charge in [0, 0.05) is 57.6 Å². The minimum Gasteiger partial charge on any atom is -0.360 e. The van der Waals surface area contributed by atoms with Crippen LogP contribution in [0.1, 0.15) is 31.5 Å². The molecule has 1 aromatic rings. The SMILES string of the molecule is CCC(C)NC(=S)N1CCN(Cc2cn(C)nc2C)CC1. The molecule has 0 spiro atoms. The predicted molar refractivity (Wildman–Crippen MR) is 90.3 cm³/mol. The van der Waals surface area contributed by atoms with E-state index in [-0.39, 0.29) is 0 Å². The molecule has 0 aromatic carbocycles. The van der Waals surface area contributed by atoms with Gasteiger partial charge in [-0.3, -0.25) is 9.58 Å². The summed E-state index contributed by atoms with van der Waals surface area (Å²) in [5.41, 5.74) is 2.46. The van der Waals surface area contributed by atoms with Crippen LogP contribution >= 0.6 is 12.2 Å². The zero-order valence-corrected chi connectivity index (χ0v) is 14.4. The fourth-order valence-corrected chi connectivity index (χ4v) is 2.94. The summed E-state index contributed by atoms with van der Waals surface area (Å²) in [5.74, 6) is 0. The van der Waals surface area contributed by atoms with Gasteiger partial charge in [-0.15, -0.1) is 0 Å². The molecule has 6 heteroatoms. The number of piperazine rings is 1. The van der Waals surface area contributed by atoms with Crippen LogP contribution < -0.4 is 5.32 Å². The van der Waals surface area contributed by atoms with Crippen molar-refractivity contribution in [2.45, 2.75) is 39.8 Å². The lowest BCUT2D eigenvalue weighted by Crippen LogP contribution is -2.52. The van der Waals surface area contributed by atoms with Crippen molar-refractivity contribution in [2.24, 2.45) is 7.05 Å². The summed E-state index contributed by atoms with van der Waals surface area (Å²) in [6.45, 7) is 11.5. The Morgan fingerprint density at radius 2 is 2.05 bits per heavy atom. The minimum absolute atomic E-state index is 0.452. The van der Waals surface area contributed by atoms with Crippen molar-refractivity contribution in [1.82, 2.24) is 24.9 Å². The molecule has 1 fully saturated rings. The van der Waals surface area contributed by atoms with Crippen LogP contribution in [-0.2, 0) is 13.6 Å². The highest BCUT2D eigenvalue weighted by atomic mass is 32.1. The third kappa shape index (κ3) is 4.41. The van der Waals surface area contributed by atoms with Gasteiger partial charge in [-0.05, 0) is 32.5 Å².